The van der Waals surface area contributed by atoms with Crippen LogP contribution in [0.3, 0.4) is 0 Å². The zero-order valence-corrected chi connectivity index (χ0v) is 11.9. The van der Waals surface area contributed by atoms with Gasteiger partial charge in [0.15, 0.2) is 0 Å². The number of hydrogen-bond acceptors (Lipinski definition) is 3. The minimum atomic E-state index is -0.126. The molecule has 1 aromatic heterocycles. The number of ether oxygens (including phenoxy) is 1. The Morgan fingerprint density at radius 2 is 1.82 bits per heavy atom. The summed E-state index contributed by atoms with van der Waals surface area (Å²) in [5.41, 5.74) is 2.69. The van der Waals surface area contributed by atoms with E-state index in [0.29, 0.717) is 5.89 Å². The third kappa shape index (κ3) is 2.26. The van der Waals surface area contributed by atoms with Crippen molar-refractivity contribution < 1.29 is 13.5 Å². The zero-order chi connectivity index (χ0) is 14.9. The quantitative estimate of drug-likeness (QED) is 0.698. The van der Waals surface area contributed by atoms with Gasteiger partial charge in [0.2, 0.25) is 5.89 Å². The molecular formula is C18H14FNO2. The van der Waals surface area contributed by atoms with Crippen LogP contribution in [0.5, 0.6) is 11.5 Å². The van der Waals surface area contributed by atoms with E-state index < -0.39 is 0 Å². The normalized spacial score (nSPS) is 13.1. The summed E-state index contributed by atoms with van der Waals surface area (Å²) in [6.45, 7) is 0. The van der Waals surface area contributed by atoms with E-state index in [1.807, 2.05) is 24.3 Å². The molecule has 0 atom stereocenters. The third-order valence-electron chi connectivity index (χ3n) is 3.95. The highest BCUT2D eigenvalue weighted by molar-refractivity contribution is 5.55. The van der Waals surface area contributed by atoms with Crippen molar-refractivity contribution in [2.75, 3.05) is 0 Å². The van der Waals surface area contributed by atoms with Crippen molar-refractivity contribution in [1.82, 2.24) is 4.98 Å². The van der Waals surface area contributed by atoms with Crippen molar-refractivity contribution in [3.8, 4) is 23.0 Å². The maximum Gasteiger partial charge on any atom is 0.225 e. The predicted octanol–water partition coefficient (Wildman–Crippen LogP) is 4.76. The zero-order valence-electron chi connectivity index (χ0n) is 11.9. The molecule has 0 amide bonds. The highest BCUT2D eigenvalue weighted by Crippen LogP contribution is 2.35. The monoisotopic (exact) mass is 295 g/mol. The summed E-state index contributed by atoms with van der Waals surface area (Å²) in [4.78, 5) is 4.11. The van der Waals surface area contributed by atoms with Crippen LogP contribution in [0.25, 0.3) is 11.5 Å². The molecule has 3 aromatic rings. The lowest BCUT2D eigenvalue weighted by Crippen LogP contribution is -1.94. The van der Waals surface area contributed by atoms with Gasteiger partial charge in [-0.25, -0.2) is 9.37 Å². The Bertz CT molecular complexity index is 795. The molecule has 1 aliphatic rings. The fourth-order valence-corrected chi connectivity index (χ4v) is 2.88. The molecule has 0 radical (unpaired) electrons. The predicted molar refractivity (Wildman–Crippen MR) is 80.4 cm³/mol. The Morgan fingerprint density at radius 3 is 2.59 bits per heavy atom. The Morgan fingerprint density at radius 1 is 1.00 bits per heavy atom. The fourth-order valence-electron chi connectivity index (χ4n) is 2.88. The van der Waals surface area contributed by atoms with Crippen LogP contribution in [0, 0.1) is 5.82 Å². The number of aromatic nitrogens is 1. The van der Waals surface area contributed by atoms with Gasteiger partial charge in [-0.1, -0.05) is 0 Å². The minimum absolute atomic E-state index is 0.126. The molecule has 0 bridgehead atoms. The second-order valence-electron chi connectivity index (χ2n) is 5.32. The van der Waals surface area contributed by atoms with Gasteiger partial charge in [-0.2, -0.15) is 0 Å². The Labute approximate surface area is 127 Å². The molecule has 0 saturated heterocycles. The molecule has 0 aliphatic heterocycles. The van der Waals surface area contributed by atoms with Crippen molar-refractivity contribution in [2.45, 2.75) is 19.3 Å². The molecule has 0 unspecified atom stereocenters. The van der Waals surface area contributed by atoms with Gasteiger partial charge in [-0.05, 0) is 61.2 Å². The van der Waals surface area contributed by atoms with E-state index in [9.17, 15) is 4.39 Å². The van der Waals surface area contributed by atoms with Gasteiger partial charge in [-0.15, -0.1) is 0 Å². The number of fused-ring (bicyclic) bond motifs is 1. The molecule has 1 aliphatic carbocycles. The van der Waals surface area contributed by atoms with Crippen LogP contribution in [0.2, 0.25) is 0 Å². The summed E-state index contributed by atoms with van der Waals surface area (Å²) in [6, 6.07) is 10.7. The molecule has 2 aromatic carbocycles. The van der Waals surface area contributed by atoms with Crippen LogP contribution in [0.1, 0.15) is 17.5 Å². The lowest BCUT2D eigenvalue weighted by atomic mass is 10.1. The van der Waals surface area contributed by atoms with Crippen molar-refractivity contribution >= 4 is 0 Å². The molecule has 0 fully saturated rings. The molecule has 0 saturated carbocycles. The standard InChI is InChI=1S/C18H14FNO2/c19-16-8-9-17(15-3-1-2-14(15)16)22-13-6-4-12(5-7-13)18-20-10-11-21-18/h4-11H,1-3H2. The summed E-state index contributed by atoms with van der Waals surface area (Å²) in [7, 11) is 0. The number of nitrogens with zero attached hydrogens (tertiary/aromatic N) is 1. The Balaban J connectivity index is 1.61. The first-order valence-corrected chi connectivity index (χ1v) is 7.29. The van der Waals surface area contributed by atoms with Crippen LogP contribution >= 0.6 is 0 Å². The van der Waals surface area contributed by atoms with E-state index in [4.69, 9.17) is 9.15 Å². The molecule has 22 heavy (non-hydrogen) atoms. The van der Waals surface area contributed by atoms with E-state index in [-0.39, 0.29) is 5.82 Å². The summed E-state index contributed by atoms with van der Waals surface area (Å²) >= 11 is 0. The highest BCUT2D eigenvalue weighted by Gasteiger charge is 2.20. The number of oxazole rings is 1. The first kappa shape index (κ1) is 13.1. The number of rotatable bonds is 3. The van der Waals surface area contributed by atoms with Crippen LogP contribution in [0.15, 0.2) is 53.3 Å². The van der Waals surface area contributed by atoms with E-state index in [1.54, 1.807) is 18.5 Å². The lowest BCUT2D eigenvalue weighted by molar-refractivity contribution is 0.474. The van der Waals surface area contributed by atoms with Crippen molar-refractivity contribution in [3.63, 3.8) is 0 Å². The van der Waals surface area contributed by atoms with Gasteiger partial charge < -0.3 is 9.15 Å². The summed E-state index contributed by atoms with van der Waals surface area (Å²) in [5.74, 6) is 1.92. The number of halogens is 1. The summed E-state index contributed by atoms with van der Waals surface area (Å²) in [5, 5.41) is 0. The molecule has 1 heterocycles. The van der Waals surface area contributed by atoms with Crippen molar-refractivity contribution in [2.24, 2.45) is 0 Å². The number of hydrogen-bond donors (Lipinski definition) is 0. The first-order valence-electron chi connectivity index (χ1n) is 7.29. The van der Waals surface area contributed by atoms with Crippen LogP contribution < -0.4 is 4.74 Å². The topological polar surface area (TPSA) is 35.3 Å². The van der Waals surface area contributed by atoms with Crippen molar-refractivity contribution in [3.05, 3.63) is 65.8 Å². The van der Waals surface area contributed by atoms with Gasteiger partial charge in [0.25, 0.3) is 0 Å². The van der Waals surface area contributed by atoms with E-state index in [2.05, 4.69) is 4.98 Å². The average Bonchev–Trinajstić information content (AvgIpc) is 3.22. The Hall–Kier alpha value is -2.62. The van der Waals surface area contributed by atoms with E-state index >= 15 is 0 Å². The van der Waals surface area contributed by atoms with Gasteiger partial charge in [0.05, 0.1) is 6.20 Å². The fraction of sp³-hybridized carbons (Fsp3) is 0.167. The molecule has 3 nitrogen and oxygen atoms in total. The summed E-state index contributed by atoms with van der Waals surface area (Å²) in [6.07, 6.45) is 5.80. The third-order valence-corrected chi connectivity index (χ3v) is 3.95. The largest absolute Gasteiger partial charge is 0.457 e. The molecule has 4 heteroatoms. The van der Waals surface area contributed by atoms with Crippen molar-refractivity contribution in [1.29, 1.82) is 0 Å². The van der Waals surface area contributed by atoms with Crippen LogP contribution in [-0.4, -0.2) is 4.98 Å². The Kier molecular flexibility index (Phi) is 3.15. The second kappa shape index (κ2) is 5.30. The molecule has 110 valence electrons. The minimum Gasteiger partial charge on any atom is -0.457 e. The van der Waals surface area contributed by atoms with Gasteiger partial charge in [-0.3, -0.25) is 0 Å². The molecule has 0 N–H and O–H groups in total. The SMILES string of the molecule is Fc1ccc(Oc2ccc(-c3ncco3)cc2)c2c1CCC2. The van der Waals surface area contributed by atoms with Crippen LogP contribution in [0.4, 0.5) is 4.39 Å². The second-order valence-corrected chi connectivity index (χ2v) is 5.32. The molecular weight excluding hydrogens is 281 g/mol. The van der Waals surface area contributed by atoms with Gasteiger partial charge in [0, 0.05) is 11.1 Å². The number of benzene rings is 2. The maximum atomic E-state index is 13.7. The highest BCUT2D eigenvalue weighted by atomic mass is 19.1. The average molecular weight is 295 g/mol. The summed E-state index contributed by atoms with van der Waals surface area (Å²) < 4.78 is 24.9. The van der Waals surface area contributed by atoms with E-state index in [1.165, 1.54) is 6.07 Å². The molecule has 0 spiro atoms. The molecule has 4 rings (SSSR count). The van der Waals surface area contributed by atoms with Crippen LogP contribution in [-0.2, 0) is 12.8 Å². The lowest BCUT2D eigenvalue weighted by Gasteiger charge is -2.11. The van der Waals surface area contributed by atoms with E-state index in [0.717, 1.165) is 47.5 Å². The van der Waals surface area contributed by atoms with Gasteiger partial charge >= 0.3 is 0 Å². The maximum absolute atomic E-state index is 13.7. The van der Waals surface area contributed by atoms with Gasteiger partial charge in [0.1, 0.15) is 23.6 Å². The first-order chi connectivity index (χ1) is 10.8. The smallest absolute Gasteiger partial charge is 0.225 e.